The zero-order valence-corrected chi connectivity index (χ0v) is 16.8. The summed E-state index contributed by atoms with van der Waals surface area (Å²) in [5, 5.41) is 0. The van der Waals surface area contributed by atoms with Crippen LogP contribution >= 0.6 is 66.5 Å². The number of halogens is 6. The molecule has 0 aromatic rings. The lowest BCUT2D eigenvalue weighted by Crippen LogP contribution is -2.30. The molecule has 0 aliphatic rings. The van der Waals surface area contributed by atoms with Crippen LogP contribution in [0.3, 0.4) is 0 Å². The van der Waals surface area contributed by atoms with Gasteiger partial charge in [-0.15, -0.1) is 66.5 Å². The standard InChI is InChI=1S/C10H18Cl6Si2/c1-2-3-4-5-6-7-8-9-10(17(11,12)13)18(14,15)16/h9H,2-8H2,1H3. The van der Waals surface area contributed by atoms with Gasteiger partial charge in [-0.1, -0.05) is 45.1 Å². The van der Waals surface area contributed by atoms with Crippen molar-refractivity contribution in [2.24, 2.45) is 0 Å². The molecule has 0 bridgehead atoms. The molecule has 108 valence electrons. The van der Waals surface area contributed by atoms with E-state index in [0.29, 0.717) is 4.82 Å². The minimum atomic E-state index is -3.06. The fourth-order valence-electron chi connectivity index (χ4n) is 1.56. The number of unbranched alkanes of at least 4 members (excludes halogenated alkanes) is 6. The average molecular weight is 407 g/mol. The Morgan fingerprint density at radius 3 is 1.67 bits per heavy atom. The van der Waals surface area contributed by atoms with Crippen molar-refractivity contribution in [1.29, 1.82) is 0 Å². The van der Waals surface area contributed by atoms with Crippen molar-refractivity contribution in [2.75, 3.05) is 0 Å². The van der Waals surface area contributed by atoms with Gasteiger partial charge in [0.25, 0.3) is 0 Å². The van der Waals surface area contributed by atoms with Gasteiger partial charge >= 0.3 is 12.0 Å². The molecule has 0 nitrogen and oxygen atoms in total. The first-order chi connectivity index (χ1) is 8.19. The van der Waals surface area contributed by atoms with Crippen molar-refractivity contribution in [3.8, 4) is 0 Å². The Hall–Kier alpha value is 1.91. The van der Waals surface area contributed by atoms with Crippen molar-refractivity contribution >= 4 is 78.5 Å². The predicted octanol–water partition coefficient (Wildman–Crippen LogP) is 7.05. The predicted molar refractivity (Wildman–Crippen MR) is 92.7 cm³/mol. The highest BCUT2D eigenvalue weighted by Gasteiger charge is 2.45. The summed E-state index contributed by atoms with van der Waals surface area (Å²) in [6, 6.07) is -6.12. The molecule has 0 N–H and O–H groups in total. The number of allylic oxidation sites excluding steroid dienone is 1. The monoisotopic (exact) mass is 404 g/mol. The summed E-state index contributed by atoms with van der Waals surface area (Å²) in [5.41, 5.74) is 0. The summed E-state index contributed by atoms with van der Waals surface area (Å²) in [4.78, 5) is 0.485. The quantitative estimate of drug-likeness (QED) is 0.218. The summed E-state index contributed by atoms with van der Waals surface area (Å²) >= 11 is 35.7. The van der Waals surface area contributed by atoms with Gasteiger partial charge in [-0.2, -0.15) is 0 Å². The molecule has 0 amide bonds. The zero-order valence-electron chi connectivity index (χ0n) is 10.3. The van der Waals surface area contributed by atoms with Crippen molar-refractivity contribution in [2.45, 2.75) is 51.9 Å². The molecule has 0 heterocycles. The molecule has 0 saturated heterocycles. The Labute approximate surface area is 140 Å². The highest BCUT2D eigenvalue weighted by Crippen LogP contribution is 2.41. The van der Waals surface area contributed by atoms with Gasteiger partial charge in [0.1, 0.15) is 0 Å². The largest absolute Gasteiger partial charge is 0.368 e. The lowest BCUT2D eigenvalue weighted by molar-refractivity contribution is 0.611. The minimum Gasteiger partial charge on any atom is -0.121 e. The molecule has 8 heteroatoms. The maximum absolute atomic E-state index is 5.95. The fraction of sp³-hybridized carbons (Fsp3) is 0.800. The van der Waals surface area contributed by atoms with Gasteiger partial charge in [0.05, 0.1) is 0 Å². The summed E-state index contributed by atoms with van der Waals surface area (Å²) in [6.07, 6.45) is 9.97. The summed E-state index contributed by atoms with van der Waals surface area (Å²) in [7, 11) is 0. The van der Waals surface area contributed by atoms with E-state index in [1.165, 1.54) is 32.1 Å². The SMILES string of the molecule is CCCCCCCCC=C([Si](Cl)(Cl)Cl)[Si](Cl)(Cl)Cl. The van der Waals surface area contributed by atoms with Crippen molar-refractivity contribution in [1.82, 2.24) is 0 Å². The second kappa shape index (κ2) is 9.78. The van der Waals surface area contributed by atoms with Crippen LogP contribution in [-0.4, -0.2) is 12.0 Å². The van der Waals surface area contributed by atoms with Gasteiger partial charge in [0, 0.05) is 0 Å². The van der Waals surface area contributed by atoms with Crippen LogP contribution in [0.15, 0.2) is 10.9 Å². The van der Waals surface area contributed by atoms with Gasteiger partial charge in [0.2, 0.25) is 0 Å². The van der Waals surface area contributed by atoms with Crippen LogP contribution in [0.2, 0.25) is 0 Å². The van der Waals surface area contributed by atoms with Crippen LogP contribution in [0.1, 0.15) is 51.9 Å². The lowest BCUT2D eigenvalue weighted by Gasteiger charge is -2.18. The molecule has 18 heavy (non-hydrogen) atoms. The molecular weight excluding hydrogens is 389 g/mol. The van der Waals surface area contributed by atoms with Crippen LogP contribution in [0, 0.1) is 0 Å². The van der Waals surface area contributed by atoms with E-state index >= 15 is 0 Å². The first-order valence-corrected chi connectivity index (χ1v) is 16.1. The highest BCUT2D eigenvalue weighted by molar-refractivity contribution is 7.79. The second-order valence-corrected chi connectivity index (χ2v) is 21.4. The molecule has 0 unspecified atom stereocenters. The van der Waals surface area contributed by atoms with E-state index in [4.69, 9.17) is 66.5 Å². The Kier molecular flexibility index (Phi) is 10.8. The molecule has 0 aromatic heterocycles. The van der Waals surface area contributed by atoms with E-state index in [9.17, 15) is 0 Å². The zero-order chi connectivity index (χ0) is 14.2. The molecule has 0 aromatic carbocycles. The number of hydrogen-bond donors (Lipinski definition) is 0. The normalized spacial score (nSPS) is 12.6. The molecule has 0 aliphatic carbocycles. The lowest BCUT2D eigenvalue weighted by atomic mass is 10.1. The van der Waals surface area contributed by atoms with E-state index in [0.717, 1.165) is 12.8 Å². The maximum Gasteiger partial charge on any atom is 0.368 e. The molecular formula is C10H18Cl6Si2. The maximum atomic E-state index is 5.95. The van der Waals surface area contributed by atoms with Gasteiger partial charge in [-0.25, -0.2) is 0 Å². The van der Waals surface area contributed by atoms with Gasteiger partial charge < -0.3 is 0 Å². The summed E-state index contributed by atoms with van der Waals surface area (Å²) in [6.45, 7) is 2.20. The van der Waals surface area contributed by atoms with Crippen LogP contribution < -0.4 is 0 Å². The number of hydrogen-bond acceptors (Lipinski definition) is 0. The molecule has 0 fully saturated rings. The van der Waals surface area contributed by atoms with Gasteiger partial charge in [-0.3, -0.25) is 0 Å². The first kappa shape index (κ1) is 19.9. The van der Waals surface area contributed by atoms with Crippen molar-refractivity contribution in [3.05, 3.63) is 10.9 Å². The second-order valence-electron chi connectivity index (χ2n) is 4.17. The Bertz CT molecular complexity index is 240. The van der Waals surface area contributed by atoms with Crippen LogP contribution in [0.4, 0.5) is 0 Å². The van der Waals surface area contributed by atoms with Crippen LogP contribution in [-0.2, 0) is 0 Å². The Morgan fingerprint density at radius 1 is 0.778 bits per heavy atom. The van der Waals surface area contributed by atoms with E-state index in [2.05, 4.69) is 6.92 Å². The topological polar surface area (TPSA) is 0 Å². The minimum absolute atomic E-state index is 0.485. The average Bonchev–Trinajstić information content (AvgIpc) is 2.18. The Morgan fingerprint density at radius 2 is 1.22 bits per heavy atom. The molecule has 0 atom stereocenters. The first-order valence-electron chi connectivity index (χ1n) is 6.04. The van der Waals surface area contributed by atoms with Crippen molar-refractivity contribution in [3.63, 3.8) is 0 Å². The van der Waals surface area contributed by atoms with Crippen molar-refractivity contribution < 1.29 is 0 Å². The van der Waals surface area contributed by atoms with E-state index in [1.807, 2.05) is 6.08 Å². The summed E-state index contributed by atoms with van der Waals surface area (Å²) < 4.78 is 0. The molecule has 0 radical (unpaired) electrons. The van der Waals surface area contributed by atoms with Gasteiger partial charge in [0.15, 0.2) is 0 Å². The summed E-state index contributed by atoms with van der Waals surface area (Å²) in [5.74, 6) is 0. The third-order valence-corrected chi connectivity index (χ3v) is 12.9. The van der Waals surface area contributed by atoms with Crippen LogP contribution in [0.25, 0.3) is 0 Å². The van der Waals surface area contributed by atoms with Crippen LogP contribution in [0.5, 0.6) is 0 Å². The smallest absolute Gasteiger partial charge is 0.121 e. The molecule has 0 spiro atoms. The van der Waals surface area contributed by atoms with E-state index < -0.39 is 12.0 Å². The van der Waals surface area contributed by atoms with Gasteiger partial charge in [-0.05, 0) is 17.7 Å². The molecule has 0 rings (SSSR count). The van der Waals surface area contributed by atoms with E-state index in [1.54, 1.807) is 0 Å². The third-order valence-electron chi connectivity index (χ3n) is 2.52. The van der Waals surface area contributed by atoms with E-state index in [-0.39, 0.29) is 0 Å². The Balaban J connectivity index is 4.12. The fourth-order valence-corrected chi connectivity index (χ4v) is 16.6. The highest BCUT2D eigenvalue weighted by atomic mass is 35.8. The molecule has 0 saturated carbocycles. The third kappa shape index (κ3) is 9.76. The molecule has 0 aliphatic heterocycles. The number of rotatable bonds is 9.